The summed E-state index contributed by atoms with van der Waals surface area (Å²) < 4.78 is 5.83. The quantitative estimate of drug-likeness (QED) is 0.395. The lowest BCUT2D eigenvalue weighted by atomic mass is 9.80. The Balaban J connectivity index is 0.000000651. The standard InChI is InChI=1S/C15H29NO3.C9H19N/c1-12(2)13(18)14(3,4)8-10-19-15(5,6)7-9-16-11-17;1-8(2)10-6-4-9(3)5-7-10/h11-12H,7-10H2,1-6H3,(H,16,17);8-9H,4-7H2,1-3H3. The van der Waals surface area contributed by atoms with Crippen molar-refractivity contribution >= 4 is 12.2 Å². The van der Waals surface area contributed by atoms with Gasteiger partial charge in [-0.15, -0.1) is 0 Å². The van der Waals surface area contributed by atoms with Crippen LogP contribution in [-0.2, 0) is 14.3 Å². The summed E-state index contributed by atoms with van der Waals surface area (Å²) in [5.41, 5.74) is -0.627. The van der Waals surface area contributed by atoms with Crippen LogP contribution in [0.15, 0.2) is 0 Å². The normalized spacial score (nSPS) is 16.5. The predicted molar refractivity (Wildman–Crippen MR) is 122 cm³/mol. The van der Waals surface area contributed by atoms with Gasteiger partial charge in [-0.3, -0.25) is 9.59 Å². The molecule has 1 aliphatic rings. The summed E-state index contributed by atoms with van der Waals surface area (Å²) in [6.45, 7) is 22.5. The van der Waals surface area contributed by atoms with Gasteiger partial charge in [0.25, 0.3) is 0 Å². The van der Waals surface area contributed by atoms with Crippen molar-refractivity contribution in [3.05, 3.63) is 0 Å². The lowest BCUT2D eigenvalue weighted by Gasteiger charge is -2.33. The highest BCUT2D eigenvalue weighted by Gasteiger charge is 2.30. The molecule has 1 aliphatic heterocycles. The Morgan fingerprint density at radius 2 is 1.66 bits per heavy atom. The molecule has 0 bridgehead atoms. The van der Waals surface area contributed by atoms with Crippen LogP contribution in [0.1, 0.15) is 88.0 Å². The summed E-state index contributed by atoms with van der Waals surface area (Å²) in [6, 6.07) is 0.757. The molecule has 1 fully saturated rings. The van der Waals surface area contributed by atoms with Crippen LogP contribution in [0.3, 0.4) is 0 Å². The number of likely N-dealkylation sites (tertiary alicyclic amines) is 1. The summed E-state index contributed by atoms with van der Waals surface area (Å²) in [4.78, 5) is 24.8. The summed E-state index contributed by atoms with van der Waals surface area (Å²) >= 11 is 0. The number of nitrogens with one attached hydrogen (secondary N) is 1. The Bertz CT molecular complexity index is 465. The highest BCUT2D eigenvalue weighted by Crippen LogP contribution is 2.27. The average Bonchev–Trinajstić information content (AvgIpc) is 2.61. The summed E-state index contributed by atoms with van der Waals surface area (Å²) in [5.74, 6) is 1.30. The molecule has 0 radical (unpaired) electrons. The van der Waals surface area contributed by atoms with Crippen molar-refractivity contribution in [2.75, 3.05) is 26.2 Å². The molecule has 1 N–H and O–H groups in total. The van der Waals surface area contributed by atoms with Gasteiger partial charge in [0.15, 0.2) is 0 Å². The summed E-state index contributed by atoms with van der Waals surface area (Å²) in [6.07, 6.45) is 4.97. The largest absolute Gasteiger partial charge is 0.375 e. The second-order valence-electron chi connectivity index (χ2n) is 10.4. The van der Waals surface area contributed by atoms with E-state index in [-0.39, 0.29) is 22.7 Å². The third kappa shape index (κ3) is 12.4. The second-order valence-corrected chi connectivity index (χ2v) is 10.4. The first-order valence-electron chi connectivity index (χ1n) is 11.4. The molecule has 1 amide bonds. The van der Waals surface area contributed by atoms with Gasteiger partial charge in [0, 0.05) is 30.5 Å². The minimum absolute atomic E-state index is 0.0554. The zero-order valence-corrected chi connectivity index (χ0v) is 20.6. The lowest BCUT2D eigenvalue weighted by Crippen LogP contribution is -2.37. The molecule has 0 aromatic rings. The van der Waals surface area contributed by atoms with Crippen LogP contribution in [0, 0.1) is 17.3 Å². The summed E-state index contributed by atoms with van der Waals surface area (Å²) in [7, 11) is 0. The zero-order valence-electron chi connectivity index (χ0n) is 20.6. The number of carbonyl (C=O) groups is 2. The van der Waals surface area contributed by atoms with Crippen molar-refractivity contribution in [1.29, 1.82) is 0 Å². The van der Waals surface area contributed by atoms with E-state index in [4.69, 9.17) is 4.74 Å². The molecule has 1 heterocycles. The monoisotopic (exact) mass is 412 g/mol. The van der Waals surface area contributed by atoms with E-state index in [9.17, 15) is 9.59 Å². The molecule has 0 aliphatic carbocycles. The van der Waals surface area contributed by atoms with E-state index < -0.39 is 0 Å². The van der Waals surface area contributed by atoms with Crippen molar-refractivity contribution in [1.82, 2.24) is 10.2 Å². The molecule has 0 aromatic carbocycles. The van der Waals surface area contributed by atoms with Gasteiger partial charge in [0.2, 0.25) is 6.41 Å². The predicted octanol–water partition coefficient (Wildman–Crippen LogP) is 4.69. The molecule has 29 heavy (non-hydrogen) atoms. The average molecular weight is 413 g/mol. The number of hydrogen-bond acceptors (Lipinski definition) is 4. The van der Waals surface area contributed by atoms with Gasteiger partial charge in [0.1, 0.15) is 5.78 Å². The number of rotatable bonds is 11. The first kappa shape index (κ1) is 28.1. The van der Waals surface area contributed by atoms with E-state index in [2.05, 4.69) is 31.0 Å². The van der Waals surface area contributed by atoms with Crippen molar-refractivity contribution in [3.8, 4) is 0 Å². The van der Waals surface area contributed by atoms with E-state index in [1.807, 2.05) is 41.5 Å². The highest BCUT2D eigenvalue weighted by molar-refractivity contribution is 5.85. The number of carbonyl (C=O) groups excluding carboxylic acids is 2. The van der Waals surface area contributed by atoms with Crippen molar-refractivity contribution < 1.29 is 14.3 Å². The second kappa shape index (κ2) is 13.4. The molecule has 5 heteroatoms. The number of amides is 1. The minimum Gasteiger partial charge on any atom is -0.375 e. The SMILES string of the molecule is CC(C)C(=O)C(C)(C)CCOC(C)(C)CCNC=O.CC1CCN(C(C)C)CC1. The van der Waals surface area contributed by atoms with Crippen molar-refractivity contribution in [2.24, 2.45) is 17.3 Å². The Morgan fingerprint density at radius 3 is 2.10 bits per heavy atom. The first-order valence-corrected chi connectivity index (χ1v) is 11.4. The molecule has 0 spiro atoms. The van der Waals surface area contributed by atoms with Gasteiger partial charge in [-0.1, -0.05) is 34.6 Å². The number of nitrogens with zero attached hydrogens (tertiary/aromatic N) is 1. The van der Waals surface area contributed by atoms with Crippen LogP contribution in [0.4, 0.5) is 0 Å². The van der Waals surface area contributed by atoms with E-state index in [1.165, 1.54) is 25.9 Å². The van der Waals surface area contributed by atoms with Crippen LogP contribution in [0.5, 0.6) is 0 Å². The number of ether oxygens (including phenoxy) is 1. The molecule has 1 saturated heterocycles. The van der Waals surface area contributed by atoms with Crippen molar-refractivity contribution in [3.63, 3.8) is 0 Å². The summed E-state index contributed by atoms with van der Waals surface area (Å²) in [5, 5.41) is 2.63. The maximum absolute atomic E-state index is 12.0. The Morgan fingerprint density at radius 1 is 1.10 bits per heavy atom. The molecule has 0 saturated carbocycles. The van der Waals surface area contributed by atoms with E-state index >= 15 is 0 Å². The fraction of sp³-hybridized carbons (Fsp3) is 0.917. The Kier molecular flexibility index (Phi) is 12.9. The molecule has 0 atom stereocenters. The minimum atomic E-state index is -0.342. The number of hydrogen-bond donors (Lipinski definition) is 1. The van der Waals surface area contributed by atoms with Gasteiger partial charge in [-0.2, -0.15) is 0 Å². The Hall–Kier alpha value is -0.940. The number of ketones is 1. The van der Waals surface area contributed by atoms with E-state index in [0.29, 0.717) is 26.0 Å². The molecular weight excluding hydrogens is 364 g/mol. The highest BCUT2D eigenvalue weighted by atomic mass is 16.5. The zero-order chi connectivity index (χ0) is 22.7. The lowest BCUT2D eigenvalue weighted by molar-refractivity contribution is -0.132. The van der Waals surface area contributed by atoms with Crippen molar-refractivity contribution in [2.45, 2.75) is 99.6 Å². The van der Waals surface area contributed by atoms with Gasteiger partial charge in [-0.05, 0) is 72.4 Å². The van der Waals surface area contributed by atoms with Gasteiger partial charge in [0.05, 0.1) is 5.60 Å². The molecule has 172 valence electrons. The first-order chi connectivity index (χ1) is 13.3. The van der Waals surface area contributed by atoms with Gasteiger partial charge < -0.3 is 15.0 Å². The van der Waals surface area contributed by atoms with Crippen LogP contribution in [-0.4, -0.2) is 55.0 Å². The fourth-order valence-electron chi connectivity index (χ4n) is 3.54. The molecule has 0 unspecified atom stereocenters. The molecular formula is C24H48N2O3. The van der Waals surface area contributed by atoms with E-state index in [0.717, 1.165) is 18.4 Å². The number of Topliss-reactive ketones (excluding diaryl/α,β-unsaturated/α-hetero) is 1. The third-order valence-electron chi connectivity index (χ3n) is 5.91. The van der Waals surface area contributed by atoms with Gasteiger partial charge >= 0.3 is 0 Å². The van der Waals surface area contributed by atoms with Gasteiger partial charge in [-0.25, -0.2) is 0 Å². The molecule has 5 nitrogen and oxygen atoms in total. The topological polar surface area (TPSA) is 58.6 Å². The maximum atomic E-state index is 12.0. The van der Waals surface area contributed by atoms with Crippen LogP contribution >= 0.6 is 0 Å². The van der Waals surface area contributed by atoms with E-state index in [1.54, 1.807) is 0 Å². The van der Waals surface area contributed by atoms with Crippen LogP contribution in [0.2, 0.25) is 0 Å². The fourth-order valence-corrected chi connectivity index (χ4v) is 3.54. The maximum Gasteiger partial charge on any atom is 0.207 e. The van der Waals surface area contributed by atoms with Crippen LogP contribution in [0.25, 0.3) is 0 Å². The third-order valence-corrected chi connectivity index (χ3v) is 5.91. The van der Waals surface area contributed by atoms with Crippen LogP contribution < -0.4 is 5.32 Å². The molecule has 1 rings (SSSR count). The smallest absolute Gasteiger partial charge is 0.207 e. The molecule has 0 aromatic heterocycles. The Labute approximate surface area is 180 Å². The number of piperidine rings is 1.